The highest BCUT2D eigenvalue weighted by atomic mass is 32.1. The van der Waals surface area contributed by atoms with Crippen LogP contribution in [0.4, 0.5) is 5.69 Å². The van der Waals surface area contributed by atoms with Gasteiger partial charge in [-0.2, -0.15) is 4.99 Å². The number of hydrogen-bond donors (Lipinski definition) is 2. The fraction of sp³-hybridized carbons (Fsp3) is 0. The Hall–Kier alpha value is -1.97. The SMILES string of the molecule is NC(=O)c1c[nH]c2c(N=C=S)cccc12. The van der Waals surface area contributed by atoms with Crippen LogP contribution in [0.2, 0.25) is 0 Å². The molecule has 0 aliphatic heterocycles. The lowest BCUT2D eigenvalue weighted by molar-refractivity contribution is 0.100. The minimum Gasteiger partial charge on any atom is -0.366 e. The van der Waals surface area contributed by atoms with E-state index in [0.29, 0.717) is 11.3 Å². The van der Waals surface area contributed by atoms with Gasteiger partial charge in [-0.3, -0.25) is 4.79 Å². The molecule has 1 amide bonds. The zero-order valence-corrected chi connectivity index (χ0v) is 8.47. The Morgan fingerprint density at radius 1 is 1.53 bits per heavy atom. The number of para-hydroxylation sites is 1. The van der Waals surface area contributed by atoms with Gasteiger partial charge in [-0.25, -0.2) is 0 Å². The van der Waals surface area contributed by atoms with Crippen LogP contribution in [0.25, 0.3) is 10.9 Å². The number of hydrogen-bond acceptors (Lipinski definition) is 3. The quantitative estimate of drug-likeness (QED) is 0.596. The number of benzene rings is 1. The summed E-state index contributed by atoms with van der Waals surface area (Å²) in [5.74, 6) is -0.468. The highest BCUT2D eigenvalue weighted by molar-refractivity contribution is 7.78. The molecule has 0 fully saturated rings. The smallest absolute Gasteiger partial charge is 0.250 e. The monoisotopic (exact) mass is 217 g/mol. The molecule has 0 saturated carbocycles. The minimum atomic E-state index is -0.468. The van der Waals surface area contributed by atoms with E-state index in [0.717, 1.165) is 10.9 Å². The maximum Gasteiger partial charge on any atom is 0.250 e. The molecular formula is C10H7N3OS. The molecule has 0 atom stereocenters. The van der Waals surface area contributed by atoms with Crippen LogP contribution in [0, 0.1) is 0 Å². The number of H-pyrrole nitrogens is 1. The van der Waals surface area contributed by atoms with Crippen molar-refractivity contribution < 1.29 is 4.79 Å². The normalized spacial score (nSPS) is 9.87. The van der Waals surface area contributed by atoms with Crippen molar-refractivity contribution in [3.8, 4) is 0 Å². The standard InChI is InChI=1S/C10H7N3OS/c11-10(14)7-4-12-9-6(7)2-1-3-8(9)13-5-15/h1-4,12H,(H2,11,14). The number of primary amides is 1. The summed E-state index contributed by atoms with van der Waals surface area (Å²) in [6.07, 6.45) is 1.56. The first-order chi connectivity index (χ1) is 7.24. The number of fused-ring (bicyclic) bond motifs is 1. The second-order valence-electron chi connectivity index (χ2n) is 2.97. The largest absolute Gasteiger partial charge is 0.366 e. The lowest BCUT2D eigenvalue weighted by Gasteiger charge is -1.95. The van der Waals surface area contributed by atoms with Crippen LogP contribution in [0.3, 0.4) is 0 Å². The maximum atomic E-state index is 11.1. The summed E-state index contributed by atoms with van der Waals surface area (Å²) >= 11 is 4.53. The summed E-state index contributed by atoms with van der Waals surface area (Å²) in [5.41, 5.74) is 7.06. The topological polar surface area (TPSA) is 71.2 Å². The molecule has 1 aromatic heterocycles. The van der Waals surface area contributed by atoms with Crippen molar-refractivity contribution in [1.29, 1.82) is 0 Å². The summed E-state index contributed by atoms with van der Waals surface area (Å²) < 4.78 is 0. The van der Waals surface area contributed by atoms with E-state index in [2.05, 4.69) is 27.4 Å². The highest BCUT2D eigenvalue weighted by Gasteiger charge is 2.10. The number of aromatic amines is 1. The molecular weight excluding hydrogens is 210 g/mol. The second-order valence-corrected chi connectivity index (χ2v) is 3.15. The van der Waals surface area contributed by atoms with E-state index in [1.165, 1.54) is 0 Å². The van der Waals surface area contributed by atoms with E-state index in [1.807, 2.05) is 0 Å². The number of amides is 1. The van der Waals surface area contributed by atoms with Crippen LogP contribution in [-0.4, -0.2) is 16.1 Å². The Labute approximate surface area is 90.8 Å². The highest BCUT2D eigenvalue weighted by Crippen LogP contribution is 2.26. The Bertz CT molecular complexity index is 581. The Morgan fingerprint density at radius 3 is 3.00 bits per heavy atom. The van der Waals surface area contributed by atoms with Crippen molar-refractivity contribution in [1.82, 2.24) is 4.98 Å². The van der Waals surface area contributed by atoms with Gasteiger partial charge in [0.15, 0.2) is 0 Å². The van der Waals surface area contributed by atoms with Crippen molar-refractivity contribution in [2.24, 2.45) is 10.7 Å². The number of aliphatic imine (C=N–C) groups is 1. The third kappa shape index (κ3) is 1.54. The summed E-state index contributed by atoms with van der Waals surface area (Å²) in [4.78, 5) is 17.9. The van der Waals surface area contributed by atoms with E-state index in [1.54, 1.807) is 24.4 Å². The number of isothiocyanates is 1. The number of nitrogens with two attached hydrogens (primary N) is 1. The van der Waals surface area contributed by atoms with Crippen LogP contribution in [0.5, 0.6) is 0 Å². The first kappa shape index (κ1) is 9.58. The molecule has 4 nitrogen and oxygen atoms in total. The first-order valence-corrected chi connectivity index (χ1v) is 4.62. The molecule has 0 spiro atoms. The first-order valence-electron chi connectivity index (χ1n) is 4.22. The Balaban J connectivity index is 2.79. The third-order valence-electron chi connectivity index (χ3n) is 2.13. The summed E-state index contributed by atoms with van der Waals surface area (Å²) in [7, 11) is 0. The van der Waals surface area contributed by atoms with Gasteiger partial charge in [0.05, 0.1) is 21.9 Å². The van der Waals surface area contributed by atoms with E-state index in [-0.39, 0.29) is 0 Å². The van der Waals surface area contributed by atoms with E-state index in [9.17, 15) is 4.79 Å². The summed E-state index contributed by atoms with van der Waals surface area (Å²) in [6.45, 7) is 0. The molecule has 0 aliphatic rings. The third-order valence-corrected chi connectivity index (χ3v) is 2.22. The van der Waals surface area contributed by atoms with Crippen LogP contribution < -0.4 is 5.73 Å². The summed E-state index contributed by atoms with van der Waals surface area (Å²) in [5, 5.41) is 3.03. The molecule has 2 rings (SSSR count). The molecule has 0 aliphatic carbocycles. The molecule has 3 N–H and O–H groups in total. The van der Waals surface area contributed by atoms with Crippen molar-refractivity contribution in [3.63, 3.8) is 0 Å². The maximum absolute atomic E-state index is 11.1. The van der Waals surface area contributed by atoms with Gasteiger partial charge in [-0.05, 0) is 18.3 Å². The molecule has 1 heterocycles. The van der Waals surface area contributed by atoms with Crippen LogP contribution in [-0.2, 0) is 0 Å². The van der Waals surface area contributed by atoms with Gasteiger partial charge in [0.25, 0.3) is 5.91 Å². The predicted octanol–water partition coefficient (Wildman–Crippen LogP) is 2.00. The van der Waals surface area contributed by atoms with Gasteiger partial charge >= 0.3 is 0 Å². The Morgan fingerprint density at radius 2 is 2.33 bits per heavy atom. The lowest BCUT2D eigenvalue weighted by atomic mass is 10.1. The van der Waals surface area contributed by atoms with Crippen molar-refractivity contribution in [2.75, 3.05) is 0 Å². The summed E-state index contributed by atoms with van der Waals surface area (Å²) in [6, 6.07) is 5.37. The van der Waals surface area contributed by atoms with Crippen LogP contribution in [0.1, 0.15) is 10.4 Å². The Kier molecular flexibility index (Phi) is 2.33. The van der Waals surface area contributed by atoms with Crippen LogP contribution in [0.15, 0.2) is 29.4 Å². The molecule has 5 heteroatoms. The minimum absolute atomic E-state index is 0.450. The van der Waals surface area contributed by atoms with Crippen molar-refractivity contribution >= 4 is 39.9 Å². The molecule has 0 unspecified atom stereocenters. The zero-order chi connectivity index (χ0) is 10.8. The number of nitrogens with one attached hydrogen (secondary N) is 1. The molecule has 2 aromatic rings. The van der Waals surface area contributed by atoms with Crippen molar-refractivity contribution in [2.45, 2.75) is 0 Å². The van der Waals surface area contributed by atoms with E-state index < -0.39 is 5.91 Å². The average Bonchev–Trinajstić information content (AvgIpc) is 2.62. The van der Waals surface area contributed by atoms with Gasteiger partial charge in [0, 0.05) is 11.6 Å². The van der Waals surface area contributed by atoms with Gasteiger partial charge in [-0.15, -0.1) is 0 Å². The molecule has 0 radical (unpaired) electrons. The fourth-order valence-corrected chi connectivity index (χ4v) is 1.58. The molecule has 15 heavy (non-hydrogen) atoms. The fourth-order valence-electron chi connectivity index (χ4n) is 1.48. The lowest BCUT2D eigenvalue weighted by Crippen LogP contribution is -2.09. The predicted molar refractivity (Wildman–Crippen MR) is 61.5 cm³/mol. The van der Waals surface area contributed by atoms with Gasteiger partial charge in [-0.1, -0.05) is 12.1 Å². The van der Waals surface area contributed by atoms with Crippen molar-refractivity contribution in [3.05, 3.63) is 30.0 Å². The van der Waals surface area contributed by atoms with Gasteiger partial charge in [0.2, 0.25) is 0 Å². The number of aromatic nitrogens is 1. The number of carbonyl (C=O) groups is 1. The average molecular weight is 217 g/mol. The molecule has 74 valence electrons. The molecule has 1 aromatic carbocycles. The van der Waals surface area contributed by atoms with Gasteiger partial charge in [0.1, 0.15) is 0 Å². The number of carbonyl (C=O) groups excluding carboxylic acids is 1. The number of rotatable bonds is 2. The van der Waals surface area contributed by atoms with E-state index in [4.69, 9.17) is 5.73 Å². The number of thiocarbonyl (C=S) groups is 1. The van der Waals surface area contributed by atoms with Gasteiger partial charge < -0.3 is 10.7 Å². The van der Waals surface area contributed by atoms with Crippen LogP contribution >= 0.6 is 12.2 Å². The second kappa shape index (κ2) is 3.65. The zero-order valence-electron chi connectivity index (χ0n) is 7.65. The number of nitrogens with zero attached hydrogens (tertiary/aromatic N) is 1. The van der Waals surface area contributed by atoms with E-state index >= 15 is 0 Å². The molecule has 0 saturated heterocycles. The molecule has 0 bridgehead atoms.